The number of aliphatic hydroxyl groups is 1. The number of allylic oxidation sites excluding steroid dienone is 2. The molecule has 4 nitrogen and oxygen atoms in total. The molecule has 0 bridgehead atoms. The number of carbonyl (C=O) groups excluding carboxylic acids is 2. The minimum Gasteiger partial charge on any atom is -0.512 e. The molecule has 0 saturated carbocycles. The minimum absolute atomic E-state index is 0. The summed E-state index contributed by atoms with van der Waals surface area (Å²) in [5.41, 5.74) is 10.8. The fourth-order valence-corrected chi connectivity index (χ4v) is 5.31. The number of aromatic nitrogens is 1. The molecule has 0 fully saturated rings. The maximum absolute atomic E-state index is 13.3. The standard InChI is InChI=1S/C28H14NO.C5H8O2.Ir/c30-28-21-10-4-3-9-18(21)20-11-5-13-22(27(20)28)25-15-23-17-8-2-1-7-16(17)19-12-6-14-24(29-25)26(19)23;1-4(6)3-5(2)7;/h1-12,14-15H;3,6H,1-2H3;/q-1;;. The summed E-state index contributed by atoms with van der Waals surface area (Å²) in [7, 11) is 0. The second kappa shape index (κ2) is 9.94. The van der Waals surface area contributed by atoms with Crippen LogP contribution in [0.4, 0.5) is 0 Å². The molecule has 2 aliphatic rings. The maximum Gasteiger partial charge on any atom is 0.155 e. The summed E-state index contributed by atoms with van der Waals surface area (Å²) in [6.07, 6.45) is 1.17. The maximum atomic E-state index is 13.3. The van der Waals surface area contributed by atoms with E-state index < -0.39 is 0 Å². The van der Waals surface area contributed by atoms with E-state index in [1.807, 2.05) is 36.4 Å². The Balaban J connectivity index is 0.000000329. The number of ketones is 2. The Kier molecular flexibility index (Phi) is 6.66. The van der Waals surface area contributed by atoms with Crippen LogP contribution in [0.25, 0.3) is 55.5 Å². The summed E-state index contributed by atoms with van der Waals surface area (Å²) in [5.74, 6) is -0.00702. The van der Waals surface area contributed by atoms with E-state index in [9.17, 15) is 9.59 Å². The van der Waals surface area contributed by atoms with Gasteiger partial charge in [0.05, 0.1) is 11.3 Å². The number of carbonyl (C=O) groups is 2. The Labute approximate surface area is 234 Å². The molecule has 38 heavy (non-hydrogen) atoms. The van der Waals surface area contributed by atoms with Crippen LogP contribution in [0.15, 0.2) is 96.8 Å². The largest absolute Gasteiger partial charge is 0.512 e. The number of pyridine rings is 1. The van der Waals surface area contributed by atoms with Gasteiger partial charge >= 0.3 is 0 Å². The van der Waals surface area contributed by atoms with Crippen LogP contribution in [0.2, 0.25) is 0 Å². The van der Waals surface area contributed by atoms with Crippen molar-refractivity contribution in [2.45, 2.75) is 13.8 Å². The molecule has 0 atom stereocenters. The van der Waals surface area contributed by atoms with E-state index in [1.54, 1.807) is 0 Å². The van der Waals surface area contributed by atoms with Gasteiger partial charge in [-0.25, -0.2) is 0 Å². The summed E-state index contributed by atoms with van der Waals surface area (Å²) in [6, 6.07) is 31.9. The molecule has 0 spiro atoms. The zero-order valence-corrected chi connectivity index (χ0v) is 23.1. The van der Waals surface area contributed by atoms with Gasteiger partial charge in [0.25, 0.3) is 0 Å². The second-order valence-corrected chi connectivity index (χ2v) is 9.21. The van der Waals surface area contributed by atoms with Crippen molar-refractivity contribution in [2.75, 3.05) is 0 Å². The summed E-state index contributed by atoms with van der Waals surface area (Å²) in [6.45, 7) is 2.85. The van der Waals surface area contributed by atoms with E-state index in [1.165, 1.54) is 47.6 Å². The number of hydrogen-bond acceptors (Lipinski definition) is 4. The van der Waals surface area contributed by atoms with Crippen LogP contribution in [0.1, 0.15) is 29.8 Å². The Morgan fingerprint density at radius 1 is 0.789 bits per heavy atom. The van der Waals surface area contributed by atoms with Crippen molar-refractivity contribution in [3.05, 3.63) is 114 Å². The average Bonchev–Trinajstić information content (AvgIpc) is 3.38. The van der Waals surface area contributed by atoms with E-state index in [4.69, 9.17) is 10.1 Å². The molecule has 1 aromatic heterocycles. The number of rotatable bonds is 2. The third kappa shape index (κ3) is 4.10. The van der Waals surface area contributed by atoms with Crippen LogP contribution in [0, 0.1) is 6.07 Å². The van der Waals surface area contributed by atoms with E-state index in [0.29, 0.717) is 5.56 Å². The first-order chi connectivity index (χ1) is 17.9. The first-order valence-corrected chi connectivity index (χ1v) is 12.0. The molecule has 1 radical (unpaired) electrons. The van der Waals surface area contributed by atoms with Crippen molar-refractivity contribution < 1.29 is 34.8 Å². The number of benzene rings is 4. The van der Waals surface area contributed by atoms with E-state index >= 15 is 0 Å². The summed E-state index contributed by atoms with van der Waals surface area (Å²) in [5, 5.41) is 9.55. The molecule has 5 aromatic rings. The summed E-state index contributed by atoms with van der Waals surface area (Å²) >= 11 is 0. The van der Waals surface area contributed by atoms with Gasteiger partial charge in [-0.05, 0) is 53.4 Å². The van der Waals surface area contributed by atoms with Crippen molar-refractivity contribution in [2.24, 2.45) is 0 Å². The topological polar surface area (TPSA) is 67.3 Å². The van der Waals surface area contributed by atoms with Crippen molar-refractivity contribution >= 4 is 22.5 Å². The van der Waals surface area contributed by atoms with Gasteiger partial charge in [-0.2, -0.15) is 0 Å². The van der Waals surface area contributed by atoms with Crippen LogP contribution in [-0.2, 0) is 24.9 Å². The first-order valence-electron chi connectivity index (χ1n) is 12.0. The molecule has 2 aliphatic carbocycles. The molecule has 0 aliphatic heterocycles. The number of nitrogens with zero attached hydrogens (tertiary/aromatic N) is 1. The molecule has 187 valence electrons. The molecule has 7 rings (SSSR count). The normalized spacial score (nSPS) is 12.2. The Bertz CT molecular complexity index is 1800. The van der Waals surface area contributed by atoms with Crippen LogP contribution in [0.5, 0.6) is 0 Å². The molecule has 0 amide bonds. The predicted octanol–water partition coefficient (Wildman–Crippen LogP) is 7.60. The molecular formula is C33H22IrNO3-. The van der Waals surface area contributed by atoms with Crippen molar-refractivity contribution in [3.8, 4) is 44.6 Å². The van der Waals surface area contributed by atoms with Crippen molar-refractivity contribution in [1.82, 2.24) is 4.98 Å². The van der Waals surface area contributed by atoms with Gasteiger partial charge in [-0.3, -0.25) is 14.6 Å². The van der Waals surface area contributed by atoms with Gasteiger partial charge in [0, 0.05) is 37.1 Å². The zero-order valence-electron chi connectivity index (χ0n) is 20.7. The zero-order chi connectivity index (χ0) is 25.7. The van der Waals surface area contributed by atoms with Crippen LogP contribution in [0.3, 0.4) is 0 Å². The smallest absolute Gasteiger partial charge is 0.155 e. The van der Waals surface area contributed by atoms with E-state index in [2.05, 4.69) is 54.6 Å². The summed E-state index contributed by atoms with van der Waals surface area (Å²) < 4.78 is 0. The van der Waals surface area contributed by atoms with Gasteiger partial charge in [0.1, 0.15) is 0 Å². The van der Waals surface area contributed by atoms with Gasteiger partial charge in [-0.1, -0.05) is 77.9 Å². The van der Waals surface area contributed by atoms with Crippen molar-refractivity contribution in [3.63, 3.8) is 0 Å². The van der Waals surface area contributed by atoms with Gasteiger partial charge in [-0.15, -0.1) is 23.8 Å². The van der Waals surface area contributed by atoms with Crippen LogP contribution >= 0.6 is 0 Å². The van der Waals surface area contributed by atoms with Gasteiger partial charge in [0.2, 0.25) is 0 Å². The molecule has 0 unspecified atom stereocenters. The molecule has 1 N–H and O–H groups in total. The minimum atomic E-state index is -0.125. The SMILES string of the molecule is CC(=O)C=C(C)O.O=C1c2ccccc2-c2cc[c-]c(-c3cc4c5c(cccc5n3)-c3ccccc3-4)c21.[Ir]. The third-order valence-electron chi connectivity index (χ3n) is 6.70. The monoisotopic (exact) mass is 673 g/mol. The summed E-state index contributed by atoms with van der Waals surface area (Å²) in [4.78, 5) is 28.3. The molecule has 4 aromatic carbocycles. The number of fused-ring (bicyclic) bond motifs is 6. The second-order valence-electron chi connectivity index (χ2n) is 9.21. The van der Waals surface area contributed by atoms with Gasteiger partial charge in [0.15, 0.2) is 11.6 Å². The quantitative estimate of drug-likeness (QED) is 0.117. The first kappa shape index (κ1) is 25.5. The number of aliphatic hydroxyl groups excluding tert-OH is 1. The third-order valence-corrected chi connectivity index (χ3v) is 6.70. The Morgan fingerprint density at radius 2 is 1.39 bits per heavy atom. The number of hydrogen-bond donors (Lipinski definition) is 1. The Hall–Kier alpha value is -4.18. The molecule has 5 heteroatoms. The molecule has 0 saturated heterocycles. The van der Waals surface area contributed by atoms with Crippen molar-refractivity contribution in [1.29, 1.82) is 0 Å². The average molecular weight is 673 g/mol. The van der Waals surface area contributed by atoms with Crippen LogP contribution in [-0.4, -0.2) is 21.7 Å². The fourth-order valence-electron chi connectivity index (χ4n) is 5.31. The molecular weight excluding hydrogens is 651 g/mol. The Morgan fingerprint density at radius 3 is 2.03 bits per heavy atom. The van der Waals surface area contributed by atoms with E-state index in [0.717, 1.165) is 33.5 Å². The van der Waals surface area contributed by atoms with Crippen LogP contribution < -0.4 is 0 Å². The van der Waals surface area contributed by atoms with Gasteiger partial charge < -0.3 is 5.11 Å². The molecule has 1 heterocycles. The fraction of sp³-hybridized carbons (Fsp3) is 0.0606. The van der Waals surface area contributed by atoms with E-state index in [-0.39, 0.29) is 37.4 Å². The predicted molar refractivity (Wildman–Crippen MR) is 146 cm³/mol.